The zero-order chi connectivity index (χ0) is 32.8. The van der Waals surface area contributed by atoms with E-state index in [1.54, 1.807) is 23.6 Å². The molecule has 1 N–H and O–H groups in total. The van der Waals surface area contributed by atoms with E-state index in [0.717, 1.165) is 43.2 Å². The van der Waals surface area contributed by atoms with Gasteiger partial charge in [0.05, 0.1) is 15.9 Å². The molecule has 1 aromatic heterocycles. The molecule has 0 radical (unpaired) electrons. The largest absolute Gasteiger partial charge is 0.507 e. The van der Waals surface area contributed by atoms with Crippen LogP contribution < -0.4 is 0 Å². The highest BCUT2D eigenvalue weighted by Gasteiger charge is 2.21. The SMILES string of the molecule is Cc1cc(C)cc(-c2cccc(-c3cc(C(C)(C)C)cc4sc(-c5ccccc5N=Cc5cc(C(C)(C)C)ccc5O)nc34)c2)c1. The number of thiazole rings is 1. The third kappa shape index (κ3) is 6.54. The molecule has 0 amide bonds. The van der Waals surface area contributed by atoms with Crippen molar-refractivity contribution in [3.05, 3.63) is 125 Å². The van der Waals surface area contributed by atoms with E-state index in [4.69, 9.17) is 9.98 Å². The summed E-state index contributed by atoms with van der Waals surface area (Å²) in [6.45, 7) is 17.6. The summed E-state index contributed by atoms with van der Waals surface area (Å²) in [6, 6.07) is 34.1. The summed E-state index contributed by atoms with van der Waals surface area (Å²) in [5.41, 5.74) is 13.1. The quantitative estimate of drug-likeness (QED) is 0.194. The zero-order valence-corrected chi connectivity index (χ0v) is 28.9. The maximum absolute atomic E-state index is 10.6. The minimum Gasteiger partial charge on any atom is -0.507 e. The Bertz CT molecular complexity index is 2080. The number of benzene rings is 5. The van der Waals surface area contributed by atoms with Gasteiger partial charge in [-0.25, -0.2) is 4.98 Å². The average molecular weight is 623 g/mol. The van der Waals surface area contributed by atoms with Gasteiger partial charge >= 0.3 is 0 Å². The first-order valence-corrected chi connectivity index (χ1v) is 16.7. The standard InChI is InChI=1S/C42H42N2OS/c1-26-18-27(2)20-30(19-26)28-12-11-13-29(21-28)35-23-33(42(6,7)8)24-38-39(35)44-40(46-38)34-14-9-10-15-36(34)43-25-31-22-32(41(3,4)5)16-17-37(31)45/h9-25,45H,1-8H3. The van der Waals surface area contributed by atoms with Gasteiger partial charge < -0.3 is 5.11 Å². The van der Waals surface area contributed by atoms with Gasteiger partial charge in [-0.2, -0.15) is 0 Å². The molecule has 0 atom stereocenters. The van der Waals surface area contributed by atoms with Gasteiger partial charge in [-0.05, 0) is 95.0 Å². The average Bonchev–Trinajstić information content (AvgIpc) is 3.43. The van der Waals surface area contributed by atoms with Crippen LogP contribution in [0.5, 0.6) is 5.75 Å². The van der Waals surface area contributed by atoms with Crippen LogP contribution in [0.3, 0.4) is 0 Å². The van der Waals surface area contributed by atoms with Crippen molar-refractivity contribution >= 4 is 33.5 Å². The monoisotopic (exact) mass is 622 g/mol. The van der Waals surface area contributed by atoms with E-state index in [0.29, 0.717) is 5.56 Å². The van der Waals surface area contributed by atoms with E-state index >= 15 is 0 Å². The maximum Gasteiger partial charge on any atom is 0.126 e. The first kappa shape index (κ1) is 31.4. The number of phenolic OH excluding ortho intramolecular Hbond substituents is 1. The molecule has 5 aromatic carbocycles. The van der Waals surface area contributed by atoms with Crippen LogP contribution in [0.25, 0.3) is 43.0 Å². The summed E-state index contributed by atoms with van der Waals surface area (Å²) < 4.78 is 1.16. The first-order valence-electron chi connectivity index (χ1n) is 15.9. The van der Waals surface area contributed by atoms with Gasteiger partial charge in [-0.1, -0.05) is 107 Å². The maximum atomic E-state index is 10.6. The fourth-order valence-corrected chi connectivity index (χ4v) is 6.90. The molecule has 0 unspecified atom stereocenters. The molecule has 0 aliphatic carbocycles. The van der Waals surface area contributed by atoms with Crippen LogP contribution in [0.2, 0.25) is 0 Å². The van der Waals surface area contributed by atoms with Crippen molar-refractivity contribution in [3.63, 3.8) is 0 Å². The molecule has 6 rings (SSSR count). The zero-order valence-electron chi connectivity index (χ0n) is 28.1. The predicted octanol–water partition coefficient (Wildman–Crippen LogP) is 12.0. The third-order valence-corrected chi connectivity index (χ3v) is 9.50. The highest BCUT2D eigenvalue weighted by Crippen LogP contribution is 2.42. The Kier molecular flexibility index (Phi) is 8.20. The molecular weight excluding hydrogens is 581 g/mol. The molecule has 0 spiro atoms. The lowest BCUT2D eigenvalue weighted by atomic mass is 9.85. The van der Waals surface area contributed by atoms with Crippen molar-refractivity contribution in [1.82, 2.24) is 4.98 Å². The summed E-state index contributed by atoms with van der Waals surface area (Å²) in [7, 11) is 0. The van der Waals surface area contributed by atoms with Gasteiger partial charge in [0.2, 0.25) is 0 Å². The summed E-state index contributed by atoms with van der Waals surface area (Å²) >= 11 is 1.70. The van der Waals surface area contributed by atoms with E-state index < -0.39 is 0 Å². The topological polar surface area (TPSA) is 45.5 Å². The van der Waals surface area contributed by atoms with Crippen molar-refractivity contribution in [2.75, 3.05) is 0 Å². The number of fused-ring (bicyclic) bond motifs is 1. The van der Waals surface area contributed by atoms with Crippen LogP contribution in [-0.4, -0.2) is 16.3 Å². The Morgan fingerprint density at radius 2 is 1.35 bits per heavy atom. The van der Waals surface area contributed by atoms with Crippen LogP contribution in [0.1, 0.15) is 69.4 Å². The molecule has 6 aromatic rings. The summed E-state index contributed by atoms with van der Waals surface area (Å²) in [5.74, 6) is 0.219. The first-order chi connectivity index (χ1) is 21.8. The fourth-order valence-electron chi connectivity index (χ4n) is 5.84. The molecule has 232 valence electrons. The van der Waals surface area contributed by atoms with Crippen LogP contribution in [0, 0.1) is 13.8 Å². The number of phenols is 1. The van der Waals surface area contributed by atoms with Crippen LogP contribution in [0.4, 0.5) is 5.69 Å². The van der Waals surface area contributed by atoms with Crippen molar-refractivity contribution in [3.8, 4) is 38.6 Å². The Morgan fingerprint density at radius 3 is 2.07 bits per heavy atom. The second-order valence-corrected chi connectivity index (χ2v) is 15.4. The number of rotatable bonds is 5. The number of aromatic hydroxyl groups is 1. The van der Waals surface area contributed by atoms with Crippen LogP contribution >= 0.6 is 11.3 Å². The lowest BCUT2D eigenvalue weighted by Crippen LogP contribution is -2.11. The molecule has 4 heteroatoms. The predicted molar refractivity (Wildman–Crippen MR) is 198 cm³/mol. The van der Waals surface area contributed by atoms with E-state index in [9.17, 15) is 5.11 Å². The molecule has 0 bridgehead atoms. The molecule has 0 aliphatic heterocycles. The normalized spacial score (nSPS) is 12.3. The Morgan fingerprint density at radius 1 is 0.652 bits per heavy atom. The van der Waals surface area contributed by atoms with Gasteiger partial charge in [0, 0.05) is 22.9 Å². The molecular formula is C42H42N2OS. The Labute approximate surface area is 277 Å². The summed E-state index contributed by atoms with van der Waals surface area (Å²) in [4.78, 5) is 10.2. The van der Waals surface area contributed by atoms with Crippen molar-refractivity contribution in [2.45, 2.75) is 66.2 Å². The van der Waals surface area contributed by atoms with Crippen molar-refractivity contribution < 1.29 is 5.11 Å². The molecule has 0 saturated carbocycles. The molecule has 1 heterocycles. The fraction of sp³-hybridized carbons (Fsp3) is 0.238. The summed E-state index contributed by atoms with van der Waals surface area (Å²) in [5, 5.41) is 11.5. The highest BCUT2D eigenvalue weighted by molar-refractivity contribution is 7.21. The number of aromatic nitrogens is 1. The van der Waals surface area contributed by atoms with Gasteiger partial charge in [-0.3, -0.25) is 4.99 Å². The van der Waals surface area contributed by atoms with Crippen LogP contribution in [0.15, 0.2) is 102 Å². The van der Waals surface area contributed by atoms with E-state index in [-0.39, 0.29) is 16.6 Å². The van der Waals surface area contributed by atoms with Crippen molar-refractivity contribution in [1.29, 1.82) is 0 Å². The van der Waals surface area contributed by atoms with E-state index in [2.05, 4.69) is 116 Å². The minimum atomic E-state index is -0.0304. The van der Waals surface area contributed by atoms with Gasteiger partial charge in [0.15, 0.2) is 0 Å². The lowest BCUT2D eigenvalue weighted by molar-refractivity contribution is 0.473. The van der Waals surface area contributed by atoms with Gasteiger partial charge in [0.1, 0.15) is 10.8 Å². The van der Waals surface area contributed by atoms with Crippen molar-refractivity contribution in [2.24, 2.45) is 4.99 Å². The van der Waals surface area contributed by atoms with E-state index in [1.165, 1.54) is 27.8 Å². The summed E-state index contributed by atoms with van der Waals surface area (Å²) in [6.07, 6.45) is 1.76. The van der Waals surface area contributed by atoms with Gasteiger partial charge in [0.25, 0.3) is 0 Å². The lowest BCUT2D eigenvalue weighted by Gasteiger charge is -2.20. The number of para-hydroxylation sites is 1. The second kappa shape index (κ2) is 12.0. The molecule has 3 nitrogen and oxygen atoms in total. The number of hydrogen-bond acceptors (Lipinski definition) is 4. The smallest absolute Gasteiger partial charge is 0.126 e. The third-order valence-electron chi connectivity index (χ3n) is 8.46. The number of aliphatic imine (C=N–C) groups is 1. The van der Waals surface area contributed by atoms with E-state index in [1.807, 2.05) is 30.3 Å². The molecule has 0 fully saturated rings. The molecule has 0 saturated heterocycles. The number of hydrogen-bond donors (Lipinski definition) is 1. The molecule has 0 aliphatic rings. The Hall–Kier alpha value is -4.54. The number of aryl methyl sites for hydroxylation is 2. The number of nitrogens with zero attached hydrogens (tertiary/aromatic N) is 2. The second-order valence-electron chi connectivity index (χ2n) is 14.4. The minimum absolute atomic E-state index is 0.0237. The van der Waals surface area contributed by atoms with Crippen LogP contribution in [-0.2, 0) is 10.8 Å². The Balaban J connectivity index is 1.47. The highest BCUT2D eigenvalue weighted by atomic mass is 32.1. The van der Waals surface area contributed by atoms with Gasteiger partial charge in [-0.15, -0.1) is 11.3 Å². The molecule has 46 heavy (non-hydrogen) atoms.